The van der Waals surface area contributed by atoms with E-state index in [2.05, 4.69) is 20.6 Å². The van der Waals surface area contributed by atoms with Crippen LogP contribution in [0.5, 0.6) is 0 Å². The van der Waals surface area contributed by atoms with Gasteiger partial charge in [-0.3, -0.25) is 4.79 Å². The fraction of sp³-hybridized carbons (Fsp3) is 0.333. The minimum Gasteiger partial charge on any atom is -0.331 e. The van der Waals surface area contributed by atoms with Crippen LogP contribution in [0.4, 0.5) is 0 Å². The topological polar surface area (TPSA) is 101 Å². The van der Waals surface area contributed by atoms with Gasteiger partial charge in [-0.25, -0.2) is 0 Å². The number of aromatic amines is 1. The second-order valence-corrected chi connectivity index (χ2v) is 4.09. The van der Waals surface area contributed by atoms with Gasteiger partial charge in [0.05, 0.1) is 0 Å². The van der Waals surface area contributed by atoms with Crippen LogP contribution >= 0.6 is 0 Å². The first-order valence-electron chi connectivity index (χ1n) is 6.08. The number of tetrazole rings is 1. The van der Waals surface area contributed by atoms with Gasteiger partial charge in [0, 0.05) is 13.1 Å². The molecule has 0 bridgehead atoms. The zero-order chi connectivity index (χ0) is 13.5. The number of benzene rings is 1. The van der Waals surface area contributed by atoms with Crippen molar-refractivity contribution in [3.63, 3.8) is 0 Å². The molecule has 0 aliphatic rings. The standard InChI is InChI=1S/C12H16N6O/c13-7-4-8-18(9-10-5-2-1-3-6-10)12(19)11-14-16-17-15-11/h1-3,5-6H,4,7-9,13H2,(H,14,15,16,17). The lowest BCUT2D eigenvalue weighted by molar-refractivity contribution is 0.0730. The summed E-state index contributed by atoms with van der Waals surface area (Å²) < 4.78 is 0. The molecule has 1 aromatic carbocycles. The van der Waals surface area contributed by atoms with Gasteiger partial charge in [0.25, 0.3) is 11.7 Å². The highest BCUT2D eigenvalue weighted by molar-refractivity contribution is 5.90. The van der Waals surface area contributed by atoms with Crippen LogP contribution in [0.1, 0.15) is 22.6 Å². The zero-order valence-electron chi connectivity index (χ0n) is 10.5. The molecule has 1 aromatic heterocycles. The molecule has 100 valence electrons. The molecule has 19 heavy (non-hydrogen) atoms. The molecular weight excluding hydrogens is 244 g/mol. The summed E-state index contributed by atoms with van der Waals surface area (Å²) in [7, 11) is 0. The summed E-state index contributed by atoms with van der Waals surface area (Å²) in [4.78, 5) is 13.9. The number of H-pyrrole nitrogens is 1. The van der Waals surface area contributed by atoms with Crippen LogP contribution in [0.2, 0.25) is 0 Å². The van der Waals surface area contributed by atoms with Crippen LogP contribution in [0.3, 0.4) is 0 Å². The minimum atomic E-state index is -0.244. The maximum absolute atomic E-state index is 12.2. The van der Waals surface area contributed by atoms with E-state index >= 15 is 0 Å². The number of nitrogens with one attached hydrogen (secondary N) is 1. The second kappa shape index (κ2) is 6.60. The Kier molecular flexibility index (Phi) is 4.57. The van der Waals surface area contributed by atoms with Crippen molar-refractivity contribution in [3.8, 4) is 0 Å². The van der Waals surface area contributed by atoms with E-state index in [-0.39, 0.29) is 11.7 Å². The van der Waals surface area contributed by atoms with Gasteiger partial charge in [0.1, 0.15) is 0 Å². The average molecular weight is 260 g/mol. The zero-order valence-corrected chi connectivity index (χ0v) is 10.5. The third-order valence-electron chi connectivity index (χ3n) is 2.67. The fourth-order valence-electron chi connectivity index (χ4n) is 1.73. The first-order valence-corrected chi connectivity index (χ1v) is 6.08. The molecular formula is C12H16N6O. The smallest absolute Gasteiger partial charge is 0.295 e. The molecule has 7 heteroatoms. The summed E-state index contributed by atoms with van der Waals surface area (Å²) in [6.45, 7) is 1.61. The van der Waals surface area contributed by atoms with Gasteiger partial charge in [0.15, 0.2) is 0 Å². The van der Waals surface area contributed by atoms with Gasteiger partial charge in [-0.2, -0.15) is 5.21 Å². The van der Waals surface area contributed by atoms with E-state index in [1.807, 2.05) is 30.3 Å². The third-order valence-corrected chi connectivity index (χ3v) is 2.67. The molecule has 1 amide bonds. The number of hydrogen-bond acceptors (Lipinski definition) is 5. The minimum absolute atomic E-state index is 0.0768. The van der Waals surface area contributed by atoms with Crippen LogP contribution in [-0.4, -0.2) is 44.5 Å². The number of hydrogen-bond donors (Lipinski definition) is 2. The fourth-order valence-corrected chi connectivity index (χ4v) is 1.73. The molecule has 0 unspecified atom stereocenters. The Hall–Kier alpha value is -2.28. The van der Waals surface area contributed by atoms with Gasteiger partial charge in [-0.05, 0) is 23.7 Å². The van der Waals surface area contributed by atoms with Crippen molar-refractivity contribution in [2.24, 2.45) is 5.73 Å². The molecule has 0 atom stereocenters. The van der Waals surface area contributed by atoms with Gasteiger partial charge in [-0.15, -0.1) is 10.2 Å². The molecule has 7 nitrogen and oxygen atoms in total. The van der Waals surface area contributed by atoms with Crippen LogP contribution < -0.4 is 5.73 Å². The lowest BCUT2D eigenvalue weighted by atomic mass is 10.2. The van der Waals surface area contributed by atoms with Crippen molar-refractivity contribution < 1.29 is 4.79 Å². The molecule has 0 saturated heterocycles. The molecule has 3 N–H and O–H groups in total. The molecule has 2 aromatic rings. The lowest BCUT2D eigenvalue weighted by Gasteiger charge is -2.20. The Morgan fingerprint density at radius 1 is 1.32 bits per heavy atom. The van der Waals surface area contributed by atoms with E-state index in [0.717, 1.165) is 12.0 Å². The van der Waals surface area contributed by atoms with E-state index in [0.29, 0.717) is 19.6 Å². The normalized spacial score (nSPS) is 10.4. The number of amides is 1. The molecule has 0 fully saturated rings. The highest BCUT2D eigenvalue weighted by atomic mass is 16.2. The predicted molar refractivity (Wildman–Crippen MR) is 69.0 cm³/mol. The van der Waals surface area contributed by atoms with Gasteiger partial charge in [0.2, 0.25) is 0 Å². The summed E-state index contributed by atoms with van der Waals surface area (Å²) in [6.07, 6.45) is 0.733. The van der Waals surface area contributed by atoms with Crippen LogP contribution in [0.15, 0.2) is 30.3 Å². The maximum Gasteiger partial charge on any atom is 0.295 e. The molecule has 0 radical (unpaired) electrons. The number of nitrogens with zero attached hydrogens (tertiary/aromatic N) is 4. The summed E-state index contributed by atoms with van der Waals surface area (Å²) in [5.74, 6) is -0.168. The van der Waals surface area contributed by atoms with Crippen molar-refractivity contribution in [1.29, 1.82) is 0 Å². The molecule has 0 spiro atoms. The lowest BCUT2D eigenvalue weighted by Crippen LogP contribution is -2.33. The van der Waals surface area contributed by atoms with Gasteiger partial charge < -0.3 is 10.6 Å². The van der Waals surface area contributed by atoms with E-state index in [9.17, 15) is 4.79 Å². The van der Waals surface area contributed by atoms with Crippen LogP contribution in [0, 0.1) is 0 Å². The first-order chi connectivity index (χ1) is 9.31. The number of aromatic nitrogens is 4. The SMILES string of the molecule is NCCCN(Cc1ccccc1)C(=O)c1nn[nH]n1. The largest absolute Gasteiger partial charge is 0.331 e. The average Bonchev–Trinajstić information content (AvgIpc) is 2.98. The summed E-state index contributed by atoms with van der Waals surface area (Å²) in [5, 5.41) is 13.1. The highest BCUT2D eigenvalue weighted by Crippen LogP contribution is 2.07. The Morgan fingerprint density at radius 3 is 2.74 bits per heavy atom. The van der Waals surface area contributed by atoms with Crippen molar-refractivity contribution >= 4 is 5.91 Å². The molecule has 2 rings (SSSR count). The van der Waals surface area contributed by atoms with E-state index in [1.54, 1.807) is 4.90 Å². The molecule has 0 aliphatic carbocycles. The number of nitrogens with two attached hydrogens (primary N) is 1. The Morgan fingerprint density at radius 2 is 2.11 bits per heavy atom. The quantitative estimate of drug-likeness (QED) is 0.772. The van der Waals surface area contributed by atoms with Crippen molar-refractivity contribution in [1.82, 2.24) is 25.5 Å². The number of carbonyl (C=O) groups excluding carboxylic acids is 1. The monoisotopic (exact) mass is 260 g/mol. The second-order valence-electron chi connectivity index (χ2n) is 4.09. The molecule has 0 saturated carbocycles. The summed E-state index contributed by atoms with van der Waals surface area (Å²) in [5.41, 5.74) is 6.55. The Bertz CT molecular complexity index is 498. The van der Waals surface area contributed by atoms with Crippen LogP contribution in [-0.2, 0) is 6.54 Å². The highest BCUT2D eigenvalue weighted by Gasteiger charge is 2.19. The maximum atomic E-state index is 12.2. The van der Waals surface area contributed by atoms with E-state index < -0.39 is 0 Å². The molecule has 0 aliphatic heterocycles. The van der Waals surface area contributed by atoms with E-state index in [4.69, 9.17) is 5.73 Å². The summed E-state index contributed by atoms with van der Waals surface area (Å²) >= 11 is 0. The predicted octanol–water partition coefficient (Wildman–Crippen LogP) is 0.191. The summed E-state index contributed by atoms with van der Waals surface area (Å²) in [6, 6.07) is 9.76. The third kappa shape index (κ3) is 3.59. The van der Waals surface area contributed by atoms with Crippen LogP contribution in [0.25, 0.3) is 0 Å². The first kappa shape index (κ1) is 13.2. The Labute approximate surface area is 110 Å². The number of carbonyl (C=O) groups is 1. The van der Waals surface area contributed by atoms with Gasteiger partial charge in [-0.1, -0.05) is 30.3 Å². The van der Waals surface area contributed by atoms with Gasteiger partial charge >= 0.3 is 0 Å². The van der Waals surface area contributed by atoms with Crippen molar-refractivity contribution in [2.45, 2.75) is 13.0 Å². The Balaban J connectivity index is 2.09. The van der Waals surface area contributed by atoms with E-state index in [1.165, 1.54) is 0 Å². The van der Waals surface area contributed by atoms with Crippen molar-refractivity contribution in [3.05, 3.63) is 41.7 Å². The molecule has 1 heterocycles. The number of rotatable bonds is 6. The van der Waals surface area contributed by atoms with Crippen molar-refractivity contribution in [2.75, 3.05) is 13.1 Å².